The molecule has 1 heterocycles. The predicted octanol–water partition coefficient (Wildman–Crippen LogP) is 3.66. The molecule has 0 unspecified atom stereocenters. The van der Waals surface area contributed by atoms with Crippen molar-refractivity contribution in [1.82, 2.24) is 4.90 Å². The zero-order valence-corrected chi connectivity index (χ0v) is 22.3. The molecule has 7 nitrogen and oxygen atoms in total. The molecule has 3 amide bonds. The monoisotopic (exact) mass is 632 g/mol. The normalized spacial score (nSPS) is 31.6. The number of alkyl halides is 2. The van der Waals surface area contributed by atoms with Crippen molar-refractivity contribution in [1.29, 1.82) is 0 Å². The fourth-order valence-corrected chi connectivity index (χ4v) is 7.56. The number of nitrogens with zero attached hydrogens (tertiary/aromatic N) is 1. The lowest BCUT2D eigenvalue weighted by Gasteiger charge is -2.28. The van der Waals surface area contributed by atoms with Gasteiger partial charge in [0.15, 0.2) is 6.61 Å². The van der Waals surface area contributed by atoms with Crippen molar-refractivity contribution in [2.45, 2.75) is 42.4 Å². The SMILES string of the molecule is CCc1cc(Br)ccc1NC(=O)COC(=O)[C@H](C)N1C(=O)[C@@H]2[C@H]3C[C@@H]([C@H](Br)[C@@H]3Br)[C@@H]2C1=O. The molecule has 10 heteroatoms. The number of nitrogens with one attached hydrogen (secondary N) is 1. The maximum Gasteiger partial charge on any atom is 0.329 e. The summed E-state index contributed by atoms with van der Waals surface area (Å²) < 4.78 is 6.06. The fourth-order valence-electron chi connectivity index (χ4n) is 5.28. The first kappa shape index (κ1) is 23.9. The number of hydrogen-bond acceptors (Lipinski definition) is 5. The lowest BCUT2D eigenvalue weighted by atomic mass is 9.81. The van der Waals surface area contributed by atoms with Crippen molar-refractivity contribution >= 4 is 77.2 Å². The van der Waals surface area contributed by atoms with E-state index < -0.39 is 36.4 Å². The van der Waals surface area contributed by atoms with Crippen molar-refractivity contribution in [2.24, 2.45) is 23.7 Å². The highest BCUT2D eigenvalue weighted by Gasteiger charge is 2.67. The topological polar surface area (TPSA) is 92.8 Å². The van der Waals surface area contributed by atoms with E-state index in [1.807, 2.05) is 19.1 Å². The van der Waals surface area contributed by atoms with Crippen molar-refractivity contribution in [3.8, 4) is 0 Å². The number of esters is 1. The number of fused-ring (bicyclic) bond motifs is 5. The van der Waals surface area contributed by atoms with E-state index in [9.17, 15) is 19.2 Å². The summed E-state index contributed by atoms with van der Waals surface area (Å²) in [6.45, 7) is 2.95. The predicted molar refractivity (Wildman–Crippen MR) is 128 cm³/mol. The van der Waals surface area contributed by atoms with E-state index in [0.717, 1.165) is 27.8 Å². The minimum atomic E-state index is -1.07. The van der Waals surface area contributed by atoms with E-state index >= 15 is 0 Å². The molecule has 0 spiro atoms. The number of hydrogen-bond donors (Lipinski definition) is 1. The molecule has 7 atom stereocenters. The second kappa shape index (κ2) is 9.18. The molecule has 0 radical (unpaired) electrons. The van der Waals surface area contributed by atoms with Crippen LogP contribution in [0.1, 0.15) is 25.8 Å². The lowest BCUT2D eigenvalue weighted by Crippen LogP contribution is -2.45. The number of benzene rings is 1. The summed E-state index contributed by atoms with van der Waals surface area (Å²) in [5, 5.41) is 2.74. The maximum atomic E-state index is 13.0. The van der Waals surface area contributed by atoms with Crippen molar-refractivity contribution in [2.75, 3.05) is 11.9 Å². The number of carbonyl (C=O) groups excluding carboxylic acids is 4. The van der Waals surface area contributed by atoms with Crippen molar-refractivity contribution < 1.29 is 23.9 Å². The Balaban J connectivity index is 1.37. The number of anilines is 1. The van der Waals surface area contributed by atoms with Crippen LogP contribution >= 0.6 is 47.8 Å². The molecule has 172 valence electrons. The van der Waals surface area contributed by atoms with Gasteiger partial charge in [-0.15, -0.1) is 0 Å². The first-order valence-corrected chi connectivity index (χ1v) is 13.2. The van der Waals surface area contributed by atoms with Crippen LogP contribution in [0.2, 0.25) is 0 Å². The van der Waals surface area contributed by atoms with Crippen LogP contribution in [0.15, 0.2) is 22.7 Å². The molecule has 1 N–H and O–H groups in total. The molecule has 0 aromatic heterocycles. The van der Waals surface area contributed by atoms with Gasteiger partial charge in [0.2, 0.25) is 11.8 Å². The second-order valence-electron chi connectivity index (χ2n) is 8.54. The molecule has 2 aliphatic carbocycles. The van der Waals surface area contributed by atoms with Gasteiger partial charge in [-0.3, -0.25) is 19.3 Å². The Hall–Kier alpha value is -1.26. The first-order valence-electron chi connectivity index (χ1n) is 10.6. The van der Waals surface area contributed by atoms with E-state index in [2.05, 4.69) is 53.1 Å². The van der Waals surface area contributed by atoms with Crippen molar-refractivity contribution in [3.05, 3.63) is 28.2 Å². The molecule has 32 heavy (non-hydrogen) atoms. The van der Waals surface area contributed by atoms with E-state index in [4.69, 9.17) is 4.74 Å². The number of likely N-dealkylation sites (tertiary alicyclic amines) is 1. The molecule has 2 bridgehead atoms. The van der Waals surface area contributed by atoms with Gasteiger partial charge in [-0.1, -0.05) is 54.7 Å². The molecule has 1 saturated heterocycles. The number of ether oxygens (including phenoxy) is 1. The average Bonchev–Trinajstić information content (AvgIpc) is 3.37. The number of aryl methyl sites for hydroxylation is 1. The standard InChI is InChI=1S/C22H23Br3N2O5/c1-3-10-6-11(23)4-5-14(10)26-15(28)8-32-22(31)9(2)27-20(29)16-12-7-13(17(16)21(27)30)19(25)18(12)24/h4-6,9,12-13,16-19H,3,7-8H2,1-2H3,(H,26,28)/t9-,12+,13+,16-,17+,18-,19+/m0/s1. The summed E-state index contributed by atoms with van der Waals surface area (Å²) in [6.07, 6.45) is 1.54. The fraction of sp³-hybridized carbons (Fsp3) is 0.545. The minimum absolute atomic E-state index is 0.0727. The van der Waals surface area contributed by atoms with Gasteiger partial charge in [-0.05, 0) is 55.4 Å². The molecule has 1 aromatic rings. The minimum Gasteiger partial charge on any atom is -0.454 e. The maximum absolute atomic E-state index is 13.0. The van der Waals surface area contributed by atoms with Gasteiger partial charge >= 0.3 is 5.97 Å². The largest absolute Gasteiger partial charge is 0.454 e. The van der Waals surface area contributed by atoms with E-state index in [1.165, 1.54) is 6.92 Å². The molecular weight excluding hydrogens is 612 g/mol. The number of rotatable bonds is 6. The van der Waals surface area contributed by atoms with Crippen LogP contribution in [0.25, 0.3) is 0 Å². The molecule has 4 rings (SSSR count). The highest BCUT2D eigenvalue weighted by Crippen LogP contribution is 2.60. The summed E-state index contributed by atoms with van der Waals surface area (Å²) in [6, 6.07) is 4.42. The summed E-state index contributed by atoms with van der Waals surface area (Å²) in [5.41, 5.74) is 1.59. The zero-order chi connectivity index (χ0) is 23.3. The van der Waals surface area contributed by atoms with Gasteiger partial charge in [0.25, 0.3) is 5.91 Å². The van der Waals surface area contributed by atoms with Crippen LogP contribution in [-0.4, -0.2) is 50.9 Å². The molecule has 1 aromatic carbocycles. The van der Waals surface area contributed by atoms with Gasteiger partial charge in [0.05, 0.1) is 11.8 Å². The van der Waals surface area contributed by atoms with Crippen molar-refractivity contribution in [3.63, 3.8) is 0 Å². The Morgan fingerprint density at radius 3 is 2.31 bits per heavy atom. The van der Waals surface area contributed by atoms with Crippen LogP contribution in [-0.2, 0) is 30.3 Å². The Labute approximate surface area is 211 Å². The van der Waals surface area contributed by atoms with Gasteiger partial charge in [0.1, 0.15) is 6.04 Å². The van der Waals surface area contributed by atoms with Crippen LogP contribution in [0.5, 0.6) is 0 Å². The second-order valence-corrected chi connectivity index (χ2v) is 11.6. The summed E-state index contributed by atoms with van der Waals surface area (Å²) >= 11 is 10.7. The zero-order valence-electron chi connectivity index (χ0n) is 17.5. The average molecular weight is 635 g/mol. The number of halogens is 3. The molecule has 2 saturated carbocycles. The Morgan fingerprint density at radius 1 is 1.16 bits per heavy atom. The third-order valence-corrected chi connectivity index (χ3v) is 10.5. The molecule has 1 aliphatic heterocycles. The Morgan fingerprint density at radius 2 is 1.75 bits per heavy atom. The first-order chi connectivity index (χ1) is 15.1. The van der Waals surface area contributed by atoms with Gasteiger partial charge in [-0.2, -0.15) is 0 Å². The number of imide groups is 1. The smallest absolute Gasteiger partial charge is 0.329 e. The summed E-state index contributed by atoms with van der Waals surface area (Å²) in [7, 11) is 0. The van der Waals surface area contributed by atoms with Gasteiger partial charge in [-0.25, -0.2) is 4.79 Å². The van der Waals surface area contributed by atoms with Crippen LogP contribution in [0, 0.1) is 23.7 Å². The van der Waals surface area contributed by atoms with Crippen LogP contribution < -0.4 is 5.32 Å². The van der Waals surface area contributed by atoms with Crippen LogP contribution in [0.4, 0.5) is 5.69 Å². The third kappa shape index (κ3) is 3.96. The van der Waals surface area contributed by atoms with Crippen LogP contribution in [0.3, 0.4) is 0 Å². The summed E-state index contributed by atoms with van der Waals surface area (Å²) in [4.78, 5) is 52.3. The summed E-state index contributed by atoms with van der Waals surface area (Å²) in [5.74, 6) is -2.53. The van der Waals surface area contributed by atoms with E-state index in [1.54, 1.807) is 6.07 Å². The third-order valence-electron chi connectivity index (χ3n) is 6.82. The van der Waals surface area contributed by atoms with Gasteiger partial charge < -0.3 is 10.1 Å². The van der Waals surface area contributed by atoms with E-state index in [0.29, 0.717) is 5.69 Å². The molecule has 3 fully saturated rings. The highest BCUT2D eigenvalue weighted by atomic mass is 79.9. The highest BCUT2D eigenvalue weighted by molar-refractivity contribution is 9.12. The Kier molecular flexibility index (Phi) is 6.85. The Bertz CT molecular complexity index is 954. The quantitative estimate of drug-likeness (QED) is 0.293. The van der Waals surface area contributed by atoms with E-state index in [-0.39, 0.29) is 33.3 Å². The number of amides is 3. The molecule has 3 aliphatic rings. The molecular formula is C22H23Br3N2O5. The van der Waals surface area contributed by atoms with Gasteiger partial charge in [0, 0.05) is 19.8 Å². The number of carbonyl (C=O) groups is 4. The lowest BCUT2D eigenvalue weighted by molar-refractivity contribution is -0.159.